The van der Waals surface area contributed by atoms with E-state index in [9.17, 15) is 19.5 Å². The summed E-state index contributed by atoms with van der Waals surface area (Å²) < 4.78 is 4.60. The average molecular weight is 307 g/mol. The molecule has 22 heavy (non-hydrogen) atoms. The molecular formula is C16H21NO5. The van der Waals surface area contributed by atoms with E-state index in [2.05, 4.69) is 4.74 Å². The second-order valence-electron chi connectivity index (χ2n) is 4.79. The number of hydrogen-bond acceptors (Lipinski definition) is 4. The van der Waals surface area contributed by atoms with Crippen molar-refractivity contribution in [3.8, 4) is 0 Å². The lowest BCUT2D eigenvalue weighted by Gasteiger charge is -2.22. The molecular weight excluding hydrogens is 286 g/mol. The second kappa shape index (κ2) is 8.17. The van der Waals surface area contributed by atoms with E-state index in [0.717, 1.165) is 0 Å². The van der Waals surface area contributed by atoms with Crippen molar-refractivity contribution in [1.29, 1.82) is 0 Å². The summed E-state index contributed by atoms with van der Waals surface area (Å²) in [6, 6.07) is 6.39. The van der Waals surface area contributed by atoms with E-state index in [-0.39, 0.29) is 6.42 Å². The van der Waals surface area contributed by atoms with Gasteiger partial charge in [-0.25, -0.2) is 4.79 Å². The monoisotopic (exact) mass is 307 g/mol. The highest BCUT2D eigenvalue weighted by atomic mass is 16.5. The highest BCUT2D eigenvalue weighted by Crippen LogP contribution is 2.14. The maximum Gasteiger partial charge on any atom is 0.337 e. The summed E-state index contributed by atoms with van der Waals surface area (Å²) in [7, 11) is 1.29. The molecule has 0 spiro atoms. The van der Waals surface area contributed by atoms with Gasteiger partial charge < -0.3 is 14.7 Å². The van der Waals surface area contributed by atoms with E-state index >= 15 is 0 Å². The lowest BCUT2D eigenvalue weighted by Crippen LogP contribution is -2.40. The number of esters is 1. The van der Waals surface area contributed by atoms with Crippen LogP contribution in [0.1, 0.15) is 29.8 Å². The van der Waals surface area contributed by atoms with Gasteiger partial charge in [0.15, 0.2) is 0 Å². The third-order valence-electron chi connectivity index (χ3n) is 3.49. The van der Waals surface area contributed by atoms with Crippen LogP contribution in [0.3, 0.4) is 0 Å². The Morgan fingerprint density at radius 1 is 1.14 bits per heavy atom. The van der Waals surface area contributed by atoms with Crippen LogP contribution in [0.5, 0.6) is 0 Å². The molecule has 1 amide bonds. The minimum atomic E-state index is -1.14. The molecule has 0 fully saturated rings. The van der Waals surface area contributed by atoms with Crippen LogP contribution in [0.4, 0.5) is 0 Å². The first kappa shape index (κ1) is 17.7. The molecule has 1 atom stereocenters. The van der Waals surface area contributed by atoms with Crippen molar-refractivity contribution in [2.24, 2.45) is 5.92 Å². The molecule has 6 heteroatoms. The molecule has 0 aromatic heterocycles. The second-order valence-corrected chi connectivity index (χ2v) is 4.79. The lowest BCUT2D eigenvalue weighted by atomic mass is 9.97. The summed E-state index contributed by atoms with van der Waals surface area (Å²) in [5.74, 6) is -3.12. The summed E-state index contributed by atoms with van der Waals surface area (Å²) in [5.41, 5.74) is 1.06. The topological polar surface area (TPSA) is 83.9 Å². The van der Waals surface area contributed by atoms with Crippen LogP contribution in [0.2, 0.25) is 0 Å². The standard InChI is InChI=1S/C16H21NO5/c1-4-17(5-2)14(18)13(15(19)20)10-11-6-8-12(9-7-11)16(21)22-3/h6-9,13H,4-5,10H2,1-3H3,(H,19,20). The number of rotatable bonds is 7. The molecule has 1 N–H and O–H groups in total. The van der Waals surface area contributed by atoms with Crippen LogP contribution < -0.4 is 0 Å². The van der Waals surface area contributed by atoms with E-state index in [1.54, 1.807) is 24.3 Å². The van der Waals surface area contributed by atoms with Crippen molar-refractivity contribution in [2.45, 2.75) is 20.3 Å². The van der Waals surface area contributed by atoms with Gasteiger partial charge in [-0.15, -0.1) is 0 Å². The number of ether oxygens (including phenoxy) is 1. The summed E-state index contributed by atoms with van der Waals surface area (Å²) >= 11 is 0. The summed E-state index contributed by atoms with van der Waals surface area (Å²) in [4.78, 5) is 36.5. The fourth-order valence-corrected chi connectivity index (χ4v) is 2.17. The molecule has 1 aromatic carbocycles. The normalized spacial score (nSPS) is 11.6. The van der Waals surface area contributed by atoms with Gasteiger partial charge in [-0.3, -0.25) is 9.59 Å². The number of amides is 1. The molecule has 0 saturated heterocycles. The van der Waals surface area contributed by atoms with E-state index in [4.69, 9.17) is 0 Å². The number of carbonyl (C=O) groups excluding carboxylic acids is 2. The van der Waals surface area contributed by atoms with Gasteiger partial charge >= 0.3 is 11.9 Å². The third-order valence-corrected chi connectivity index (χ3v) is 3.49. The number of carboxylic acid groups (broad SMARTS) is 1. The first-order valence-corrected chi connectivity index (χ1v) is 7.13. The molecule has 0 saturated carbocycles. The summed E-state index contributed by atoms with van der Waals surface area (Å²) in [6.45, 7) is 4.57. The third kappa shape index (κ3) is 4.31. The molecule has 0 aliphatic carbocycles. The Balaban J connectivity index is 2.90. The predicted octanol–water partition coefficient (Wildman–Crippen LogP) is 1.58. The minimum absolute atomic E-state index is 0.0894. The molecule has 1 rings (SSSR count). The van der Waals surface area contributed by atoms with Crippen LogP contribution in [0.25, 0.3) is 0 Å². The molecule has 0 radical (unpaired) electrons. The lowest BCUT2D eigenvalue weighted by molar-refractivity contribution is -0.150. The number of carboxylic acids is 1. The van der Waals surface area contributed by atoms with Gasteiger partial charge in [0.1, 0.15) is 5.92 Å². The number of aliphatic carboxylic acids is 1. The Morgan fingerprint density at radius 3 is 2.09 bits per heavy atom. The highest BCUT2D eigenvalue weighted by molar-refractivity contribution is 5.97. The Labute approximate surface area is 129 Å². The number of nitrogens with zero attached hydrogens (tertiary/aromatic N) is 1. The van der Waals surface area contributed by atoms with Gasteiger partial charge in [0, 0.05) is 13.1 Å². The van der Waals surface area contributed by atoms with Crippen molar-refractivity contribution < 1.29 is 24.2 Å². The molecule has 1 aromatic rings. The van der Waals surface area contributed by atoms with Crippen LogP contribution >= 0.6 is 0 Å². The average Bonchev–Trinajstić information content (AvgIpc) is 2.53. The largest absolute Gasteiger partial charge is 0.481 e. The van der Waals surface area contributed by atoms with Crippen molar-refractivity contribution in [2.75, 3.05) is 20.2 Å². The Morgan fingerprint density at radius 2 is 1.68 bits per heavy atom. The Kier molecular flexibility index (Phi) is 6.56. The molecule has 1 unspecified atom stereocenters. The van der Waals surface area contributed by atoms with Crippen molar-refractivity contribution in [3.63, 3.8) is 0 Å². The summed E-state index contributed by atoms with van der Waals surface area (Å²) in [6.07, 6.45) is 0.0894. The van der Waals surface area contributed by atoms with E-state index in [1.807, 2.05) is 13.8 Å². The predicted molar refractivity (Wildman–Crippen MR) is 80.5 cm³/mol. The van der Waals surface area contributed by atoms with Crippen molar-refractivity contribution in [1.82, 2.24) is 4.90 Å². The molecule has 0 aliphatic heterocycles. The fraction of sp³-hybridized carbons (Fsp3) is 0.438. The molecule has 0 bridgehead atoms. The number of methoxy groups -OCH3 is 1. The maximum atomic E-state index is 12.2. The Bertz CT molecular complexity index is 534. The van der Waals surface area contributed by atoms with Crippen molar-refractivity contribution in [3.05, 3.63) is 35.4 Å². The zero-order valence-corrected chi connectivity index (χ0v) is 13.0. The van der Waals surface area contributed by atoms with Crippen LogP contribution in [0, 0.1) is 5.92 Å². The zero-order chi connectivity index (χ0) is 16.7. The van der Waals surface area contributed by atoms with Gasteiger partial charge in [-0.05, 0) is 38.0 Å². The van der Waals surface area contributed by atoms with E-state index in [0.29, 0.717) is 24.2 Å². The quantitative estimate of drug-likeness (QED) is 0.611. The molecule has 120 valence electrons. The van der Waals surface area contributed by atoms with Gasteiger partial charge in [-0.1, -0.05) is 12.1 Å². The zero-order valence-electron chi connectivity index (χ0n) is 13.0. The van der Waals surface area contributed by atoms with E-state index in [1.165, 1.54) is 12.0 Å². The molecule has 0 aliphatic rings. The van der Waals surface area contributed by atoms with Gasteiger partial charge in [0.05, 0.1) is 12.7 Å². The molecule has 6 nitrogen and oxygen atoms in total. The van der Waals surface area contributed by atoms with Crippen molar-refractivity contribution >= 4 is 17.8 Å². The maximum absolute atomic E-state index is 12.2. The number of carbonyl (C=O) groups is 3. The minimum Gasteiger partial charge on any atom is -0.481 e. The molecule has 0 heterocycles. The first-order valence-electron chi connectivity index (χ1n) is 7.13. The fourth-order valence-electron chi connectivity index (χ4n) is 2.17. The van der Waals surface area contributed by atoms with Gasteiger partial charge in [0.25, 0.3) is 0 Å². The number of hydrogen-bond donors (Lipinski definition) is 1. The number of benzene rings is 1. The van der Waals surface area contributed by atoms with Crippen LogP contribution in [-0.4, -0.2) is 48.1 Å². The van der Waals surface area contributed by atoms with Crippen LogP contribution in [-0.2, 0) is 20.7 Å². The SMILES string of the molecule is CCN(CC)C(=O)C(Cc1ccc(C(=O)OC)cc1)C(=O)O. The van der Waals surface area contributed by atoms with E-state index < -0.39 is 23.8 Å². The summed E-state index contributed by atoms with van der Waals surface area (Å²) in [5, 5.41) is 9.30. The highest BCUT2D eigenvalue weighted by Gasteiger charge is 2.29. The van der Waals surface area contributed by atoms with Gasteiger partial charge in [0.2, 0.25) is 5.91 Å². The first-order chi connectivity index (χ1) is 10.4. The Hall–Kier alpha value is -2.37. The smallest absolute Gasteiger partial charge is 0.337 e. The van der Waals surface area contributed by atoms with Gasteiger partial charge in [-0.2, -0.15) is 0 Å². The van der Waals surface area contributed by atoms with Crippen LogP contribution in [0.15, 0.2) is 24.3 Å².